The molecule has 2 N–H and O–H groups in total. The fraction of sp³-hybridized carbons (Fsp3) is 0.429. The maximum Gasteiger partial charge on any atom is 0.306 e. The molecule has 114 valence electrons. The van der Waals surface area contributed by atoms with Crippen LogP contribution in [0.4, 0.5) is 0 Å². The Labute approximate surface area is 132 Å². The highest BCUT2D eigenvalue weighted by Crippen LogP contribution is 2.28. The zero-order valence-corrected chi connectivity index (χ0v) is 12.7. The van der Waals surface area contributed by atoms with E-state index in [4.69, 9.17) is 33.0 Å². The fourth-order valence-corrected chi connectivity index (χ4v) is 2.67. The summed E-state index contributed by atoms with van der Waals surface area (Å²) in [5.74, 6) is -1.15. The third-order valence-corrected chi connectivity index (χ3v) is 3.95. The van der Waals surface area contributed by atoms with Gasteiger partial charge in [0.2, 0.25) is 0 Å². The molecule has 0 radical (unpaired) electrons. The Morgan fingerprint density at radius 3 is 2.76 bits per heavy atom. The van der Waals surface area contributed by atoms with Gasteiger partial charge in [-0.15, -0.1) is 0 Å². The summed E-state index contributed by atoms with van der Waals surface area (Å²) < 4.78 is 5.32. The maximum atomic E-state index is 11.8. The van der Waals surface area contributed by atoms with Gasteiger partial charge < -0.3 is 15.2 Å². The van der Waals surface area contributed by atoms with Gasteiger partial charge in [0.05, 0.1) is 10.9 Å². The van der Waals surface area contributed by atoms with E-state index in [0.29, 0.717) is 35.1 Å². The number of rotatable bonds is 5. The van der Waals surface area contributed by atoms with E-state index in [1.807, 2.05) is 0 Å². The SMILES string of the molecule is O=C(COc1cc(Cl)ccc1Cl)N[C@@H]1CC[C@H](C(=O)O)C1. The molecule has 2 rings (SSSR count). The second-order valence-electron chi connectivity index (χ2n) is 4.98. The van der Waals surface area contributed by atoms with Crippen LogP contribution in [0.25, 0.3) is 0 Å². The molecule has 21 heavy (non-hydrogen) atoms. The predicted molar refractivity (Wildman–Crippen MR) is 78.9 cm³/mol. The van der Waals surface area contributed by atoms with Crippen LogP contribution in [0.1, 0.15) is 19.3 Å². The normalized spacial score (nSPS) is 21.0. The first-order chi connectivity index (χ1) is 9.95. The molecule has 0 aliphatic heterocycles. The number of carbonyl (C=O) groups is 2. The van der Waals surface area contributed by atoms with E-state index in [2.05, 4.69) is 5.32 Å². The lowest BCUT2D eigenvalue weighted by molar-refractivity contribution is -0.141. The van der Waals surface area contributed by atoms with Crippen molar-refractivity contribution in [2.45, 2.75) is 25.3 Å². The van der Waals surface area contributed by atoms with Crippen LogP contribution in [0.3, 0.4) is 0 Å². The number of hydrogen-bond acceptors (Lipinski definition) is 3. The molecule has 1 aliphatic rings. The largest absolute Gasteiger partial charge is 0.482 e. The van der Waals surface area contributed by atoms with Gasteiger partial charge in [0.25, 0.3) is 5.91 Å². The van der Waals surface area contributed by atoms with Crippen LogP contribution < -0.4 is 10.1 Å². The average Bonchev–Trinajstić information content (AvgIpc) is 2.88. The van der Waals surface area contributed by atoms with Crippen molar-refractivity contribution in [2.24, 2.45) is 5.92 Å². The van der Waals surface area contributed by atoms with Gasteiger partial charge in [-0.3, -0.25) is 9.59 Å². The molecule has 0 saturated heterocycles. The molecule has 1 aliphatic carbocycles. The number of carboxylic acids is 1. The number of nitrogens with one attached hydrogen (secondary N) is 1. The molecule has 7 heteroatoms. The molecule has 0 spiro atoms. The van der Waals surface area contributed by atoms with Gasteiger partial charge in [0, 0.05) is 17.1 Å². The summed E-state index contributed by atoms with van der Waals surface area (Å²) in [5, 5.41) is 12.5. The van der Waals surface area contributed by atoms with Crippen molar-refractivity contribution in [1.29, 1.82) is 0 Å². The number of hydrogen-bond donors (Lipinski definition) is 2. The molecule has 0 unspecified atom stereocenters. The summed E-state index contributed by atoms with van der Waals surface area (Å²) in [6.45, 7) is -0.186. The lowest BCUT2D eigenvalue weighted by Gasteiger charge is -2.13. The molecule has 0 heterocycles. The Bertz CT molecular complexity index is 550. The first-order valence-electron chi connectivity index (χ1n) is 6.55. The standard InChI is InChI=1S/C14H15Cl2NO4/c15-9-2-4-11(16)12(6-9)21-7-13(18)17-10-3-1-8(5-10)14(19)20/h2,4,6,8,10H,1,3,5,7H2,(H,17,18)(H,19,20)/t8-,10+/m0/s1. The molecule has 1 saturated carbocycles. The Hall–Kier alpha value is -1.46. The molecule has 5 nitrogen and oxygen atoms in total. The minimum absolute atomic E-state index is 0.114. The second-order valence-corrected chi connectivity index (χ2v) is 5.82. The van der Waals surface area contributed by atoms with Crippen LogP contribution in [0.2, 0.25) is 10.0 Å². The fourth-order valence-electron chi connectivity index (χ4n) is 2.34. The van der Waals surface area contributed by atoms with Crippen molar-refractivity contribution in [3.8, 4) is 5.75 Å². The highest BCUT2D eigenvalue weighted by molar-refractivity contribution is 6.34. The van der Waals surface area contributed by atoms with E-state index < -0.39 is 5.97 Å². The lowest BCUT2D eigenvalue weighted by Crippen LogP contribution is -2.36. The minimum Gasteiger partial charge on any atom is -0.482 e. The molecule has 2 atom stereocenters. The smallest absolute Gasteiger partial charge is 0.306 e. The predicted octanol–water partition coefficient (Wildman–Crippen LogP) is 2.74. The van der Waals surface area contributed by atoms with Crippen LogP contribution in [0, 0.1) is 5.92 Å². The van der Waals surface area contributed by atoms with E-state index in [0.717, 1.165) is 0 Å². The second kappa shape index (κ2) is 7.00. The van der Waals surface area contributed by atoms with E-state index in [-0.39, 0.29) is 24.5 Å². The Morgan fingerprint density at radius 1 is 1.33 bits per heavy atom. The zero-order chi connectivity index (χ0) is 15.4. The van der Waals surface area contributed by atoms with Gasteiger partial charge in [0.1, 0.15) is 5.75 Å². The molecule has 1 amide bonds. The van der Waals surface area contributed by atoms with Gasteiger partial charge in [-0.1, -0.05) is 23.2 Å². The minimum atomic E-state index is -0.811. The number of amides is 1. The van der Waals surface area contributed by atoms with Crippen LogP contribution in [-0.2, 0) is 9.59 Å². The first-order valence-corrected chi connectivity index (χ1v) is 7.31. The van der Waals surface area contributed by atoms with E-state index in [1.165, 1.54) is 6.07 Å². The molecule has 1 fully saturated rings. The summed E-state index contributed by atoms with van der Waals surface area (Å²) in [7, 11) is 0. The van der Waals surface area contributed by atoms with Crippen molar-refractivity contribution in [1.82, 2.24) is 5.32 Å². The maximum absolute atomic E-state index is 11.8. The highest BCUT2D eigenvalue weighted by atomic mass is 35.5. The van der Waals surface area contributed by atoms with E-state index in [1.54, 1.807) is 12.1 Å². The third kappa shape index (κ3) is 4.51. The van der Waals surface area contributed by atoms with Crippen molar-refractivity contribution in [3.63, 3.8) is 0 Å². The van der Waals surface area contributed by atoms with Crippen molar-refractivity contribution >= 4 is 35.1 Å². The summed E-state index contributed by atoms with van der Waals surface area (Å²) in [5.41, 5.74) is 0. The van der Waals surface area contributed by atoms with Crippen LogP contribution in [0.5, 0.6) is 5.75 Å². The number of carboxylic acid groups (broad SMARTS) is 1. The lowest BCUT2D eigenvalue weighted by atomic mass is 10.1. The topological polar surface area (TPSA) is 75.6 Å². The highest BCUT2D eigenvalue weighted by Gasteiger charge is 2.30. The number of halogens is 2. The van der Waals surface area contributed by atoms with Crippen molar-refractivity contribution in [2.75, 3.05) is 6.61 Å². The number of carbonyl (C=O) groups excluding carboxylic acids is 1. The van der Waals surface area contributed by atoms with Crippen LogP contribution in [0.15, 0.2) is 18.2 Å². The Balaban J connectivity index is 1.80. The Morgan fingerprint density at radius 2 is 2.10 bits per heavy atom. The average molecular weight is 332 g/mol. The first kappa shape index (κ1) is 15.9. The Kier molecular flexibility index (Phi) is 5.31. The summed E-state index contributed by atoms with van der Waals surface area (Å²) in [4.78, 5) is 22.6. The van der Waals surface area contributed by atoms with Crippen molar-refractivity contribution in [3.05, 3.63) is 28.2 Å². The molecular weight excluding hydrogens is 317 g/mol. The van der Waals surface area contributed by atoms with E-state index in [9.17, 15) is 9.59 Å². The number of benzene rings is 1. The van der Waals surface area contributed by atoms with Crippen LogP contribution >= 0.6 is 23.2 Å². The van der Waals surface area contributed by atoms with Gasteiger partial charge in [-0.05, 0) is 31.4 Å². The molecule has 1 aromatic rings. The molecule has 0 aromatic heterocycles. The zero-order valence-electron chi connectivity index (χ0n) is 11.1. The molecule has 1 aromatic carbocycles. The van der Waals surface area contributed by atoms with Gasteiger partial charge in [0.15, 0.2) is 6.61 Å². The number of aliphatic carboxylic acids is 1. The molecular formula is C14H15Cl2NO4. The van der Waals surface area contributed by atoms with Gasteiger partial charge in [-0.25, -0.2) is 0 Å². The van der Waals surface area contributed by atoms with Crippen molar-refractivity contribution < 1.29 is 19.4 Å². The molecule has 0 bridgehead atoms. The van der Waals surface area contributed by atoms with Gasteiger partial charge >= 0.3 is 5.97 Å². The summed E-state index contributed by atoms with van der Waals surface area (Å²) in [6.07, 6.45) is 1.71. The third-order valence-electron chi connectivity index (χ3n) is 3.40. The van der Waals surface area contributed by atoms with Gasteiger partial charge in [-0.2, -0.15) is 0 Å². The van der Waals surface area contributed by atoms with Crippen LogP contribution in [-0.4, -0.2) is 29.6 Å². The number of ether oxygens (including phenoxy) is 1. The monoisotopic (exact) mass is 331 g/mol. The quantitative estimate of drug-likeness (QED) is 0.869. The summed E-state index contributed by atoms with van der Waals surface area (Å²) in [6, 6.07) is 4.64. The summed E-state index contributed by atoms with van der Waals surface area (Å²) >= 11 is 11.7. The van der Waals surface area contributed by atoms with E-state index >= 15 is 0 Å².